The lowest BCUT2D eigenvalue weighted by Crippen LogP contribution is -2.21. The number of carbonyl (C=O) groups excluding carboxylic acids is 1. The van der Waals surface area contributed by atoms with Crippen molar-refractivity contribution in [3.8, 4) is 0 Å². The first kappa shape index (κ1) is 19.0. The van der Waals surface area contributed by atoms with Crippen LogP contribution in [0.25, 0.3) is 0 Å². The van der Waals surface area contributed by atoms with Gasteiger partial charge in [0.2, 0.25) is 0 Å². The highest BCUT2D eigenvalue weighted by Crippen LogP contribution is 2.03. The molecule has 0 aliphatic carbocycles. The van der Waals surface area contributed by atoms with Crippen molar-refractivity contribution in [2.45, 2.75) is 45.4 Å². The van der Waals surface area contributed by atoms with Crippen LogP contribution in [-0.2, 0) is 9.53 Å². The number of unbranched alkanes of at least 4 members (excludes halogenated alkanes) is 5. The quantitative estimate of drug-likeness (QED) is 0.362. The van der Waals surface area contributed by atoms with E-state index in [1.165, 1.54) is 44.6 Å². The van der Waals surface area contributed by atoms with Crippen LogP contribution in [0.2, 0.25) is 0 Å². The van der Waals surface area contributed by atoms with E-state index < -0.39 is 0 Å². The van der Waals surface area contributed by atoms with Crippen LogP contribution in [0, 0.1) is 0 Å². The number of carbonyl (C=O) groups is 1. The van der Waals surface area contributed by atoms with Gasteiger partial charge in [-0.2, -0.15) is 0 Å². The van der Waals surface area contributed by atoms with Crippen LogP contribution in [0.4, 0.5) is 0 Å². The van der Waals surface area contributed by atoms with Crippen LogP contribution in [-0.4, -0.2) is 25.7 Å². The minimum Gasteiger partial charge on any atom is -0.461 e. The molecule has 0 bridgehead atoms. The average Bonchev–Trinajstić information content (AvgIpc) is 2.31. The van der Waals surface area contributed by atoms with Gasteiger partial charge in [-0.1, -0.05) is 45.6 Å². The molecule has 102 valence electrons. The number of ether oxygens (including phenoxy) is 1. The third-order valence-electron chi connectivity index (χ3n) is 2.40. The zero-order valence-electron chi connectivity index (χ0n) is 10.9. The highest BCUT2D eigenvalue weighted by Gasteiger charge is 1.94. The van der Waals surface area contributed by atoms with Gasteiger partial charge in [-0.25, -0.2) is 4.79 Å². The SMILES string of the molecule is Br.C=CC(=O)OCCNCCCCCCCC. The Morgan fingerprint density at radius 2 is 1.82 bits per heavy atom. The molecule has 1 N–H and O–H groups in total. The predicted molar refractivity (Wildman–Crippen MR) is 77.7 cm³/mol. The molecule has 0 radical (unpaired) electrons. The molecule has 0 unspecified atom stereocenters. The van der Waals surface area contributed by atoms with Gasteiger partial charge in [0.25, 0.3) is 0 Å². The summed E-state index contributed by atoms with van der Waals surface area (Å²) in [5.41, 5.74) is 0. The summed E-state index contributed by atoms with van der Waals surface area (Å²) in [6, 6.07) is 0. The van der Waals surface area contributed by atoms with E-state index in [1.54, 1.807) is 0 Å². The summed E-state index contributed by atoms with van der Waals surface area (Å²) < 4.78 is 4.83. The third kappa shape index (κ3) is 15.6. The molecule has 0 atom stereocenters. The van der Waals surface area contributed by atoms with Gasteiger partial charge in [0.15, 0.2) is 0 Å². The summed E-state index contributed by atoms with van der Waals surface area (Å²) >= 11 is 0. The fourth-order valence-corrected chi connectivity index (χ4v) is 1.44. The molecule has 0 aromatic rings. The van der Waals surface area contributed by atoms with Crippen molar-refractivity contribution in [3.63, 3.8) is 0 Å². The van der Waals surface area contributed by atoms with E-state index in [0.717, 1.165) is 13.1 Å². The summed E-state index contributed by atoms with van der Waals surface area (Å²) in [5, 5.41) is 3.24. The largest absolute Gasteiger partial charge is 0.461 e. The fourth-order valence-electron chi connectivity index (χ4n) is 1.44. The molecule has 0 aromatic heterocycles. The number of halogens is 1. The van der Waals surface area contributed by atoms with Gasteiger partial charge in [-0.15, -0.1) is 17.0 Å². The lowest BCUT2D eigenvalue weighted by molar-refractivity contribution is -0.137. The van der Waals surface area contributed by atoms with Crippen LogP contribution in [0.3, 0.4) is 0 Å². The van der Waals surface area contributed by atoms with Crippen molar-refractivity contribution < 1.29 is 9.53 Å². The second-order valence-electron chi connectivity index (χ2n) is 3.89. The average molecular weight is 308 g/mol. The Morgan fingerprint density at radius 1 is 1.18 bits per heavy atom. The highest BCUT2D eigenvalue weighted by atomic mass is 79.9. The van der Waals surface area contributed by atoms with Crippen molar-refractivity contribution in [2.24, 2.45) is 0 Å². The maximum absolute atomic E-state index is 10.7. The predicted octanol–water partition coefficient (Wildman–Crippen LogP) is 3.24. The lowest BCUT2D eigenvalue weighted by atomic mass is 10.1. The monoisotopic (exact) mass is 307 g/mol. The Morgan fingerprint density at radius 3 is 2.47 bits per heavy atom. The molecule has 0 aliphatic heterocycles. The number of hydrogen-bond acceptors (Lipinski definition) is 3. The molecule has 0 aliphatic rings. The zero-order valence-corrected chi connectivity index (χ0v) is 12.6. The minimum absolute atomic E-state index is 0. The molecule has 3 nitrogen and oxygen atoms in total. The van der Waals surface area contributed by atoms with Gasteiger partial charge < -0.3 is 10.1 Å². The molecule has 17 heavy (non-hydrogen) atoms. The Hall–Kier alpha value is -0.350. The maximum Gasteiger partial charge on any atom is 0.330 e. The molecular formula is C13H26BrNO2. The summed E-state index contributed by atoms with van der Waals surface area (Å²) in [4.78, 5) is 10.7. The molecule has 0 rings (SSSR count). The van der Waals surface area contributed by atoms with E-state index in [2.05, 4.69) is 18.8 Å². The molecule has 4 heteroatoms. The van der Waals surface area contributed by atoms with Crippen molar-refractivity contribution in [3.05, 3.63) is 12.7 Å². The number of hydrogen-bond donors (Lipinski definition) is 1. The van der Waals surface area contributed by atoms with E-state index in [9.17, 15) is 4.79 Å². The van der Waals surface area contributed by atoms with E-state index in [-0.39, 0.29) is 23.0 Å². The standard InChI is InChI=1S/C13H25NO2.BrH/c1-3-5-6-7-8-9-10-14-11-12-16-13(15)4-2;/h4,14H,2-3,5-12H2,1H3;1H. The first-order valence-electron chi connectivity index (χ1n) is 6.31. The summed E-state index contributed by atoms with van der Waals surface area (Å²) in [6.45, 7) is 7.73. The van der Waals surface area contributed by atoms with Gasteiger partial charge in [0.05, 0.1) is 0 Å². The molecule has 0 saturated carbocycles. The van der Waals surface area contributed by atoms with E-state index >= 15 is 0 Å². The first-order chi connectivity index (χ1) is 7.81. The van der Waals surface area contributed by atoms with Crippen LogP contribution >= 0.6 is 17.0 Å². The summed E-state index contributed by atoms with van der Waals surface area (Å²) in [6.07, 6.45) is 9.03. The Bertz CT molecular complexity index is 186. The zero-order chi connectivity index (χ0) is 12.1. The van der Waals surface area contributed by atoms with Crippen molar-refractivity contribution in [1.29, 1.82) is 0 Å². The molecular weight excluding hydrogens is 282 g/mol. The maximum atomic E-state index is 10.7. The van der Waals surface area contributed by atoms with Gasteiger partial charge in [0.1, 0.15) is 6.61 Å². The second-order valence-corrected chi connectivity index (χ2v) is 3.89. The highest BCUT2D eigenvalue weighted by molar-refractivity contribution is 8.93. The Balaban J connectivity index is 0. The van der Waals surface area contributed by atoms with Crippen molar-refractivity contribution >= 4 is 23.0 Å². The first-order valence-corrected chi connectivity index (χ1v) is 6.31. The molecule has 0 amide bonds. The lowest BCUT2D eigenvalue weighted by Gasteiger charge is -2.04. The van der Waals surface area contributed by atoms with E-state index in [1.807, 2.05) is 0 Å². The van der Waals surface area contributed by atoms with Crippen LogP contribution in [0.5, 0.6) is 0 Å². The molecule has 0 heterocycles. The van der Waals surface area contributed by atoms with Gasteiger partial charge in [-0.05, 0) is 13.0 Å². The Kier molecular flexibility index (Phi) is 17.5. The normalized spacial score (nSPS) is 9.47. The summed E-state index contributed by atoms with van der Waals surface area (Å²) in [5.74, 6) is -0.346. The van der Waals surface area contributed by atoms with Crippen LogP contribution in [0.15, 0.2) is 12.7 Å². The van der Waals surface area contributed by atoms with E-state index in [0.29, 0.717) is 6.61 Å². The van der Waals surface area contributed by atoms with Gasteiger partial charge in [-0.3, -0.25) is 0 Å². The number of nitrogens with one attached hydrogen (secondary N) is 1. The van der Waals surface area contributed by atoms with Gasteiger partial charge in [0, 0.05) is 12.6 Å². The minimum atomic E-state index is -0.346. The smallest absolute Gasteiger partial charge is 0.330 e. The van der Waals surface area contributed by atoms with Gasteiger partial charge >= 0.3 is 5.97 Å². The molecule has 0 saturated heterocycles. The third-order valence-corrected chi connectivity index (χ3v) is 2.40. The Labute approximate surface area is 116 Å². The summed E-state index contributed by atoms with van der Waals surface area (Å²) in [7, 11) is 0. The fraction of sp³-hybridized carbons (Fsp3) is 0.769. The number of esters is 1. The molecule has 0 fully saturated rings. The molecule has 0 spiro atoms. The van der Waals surface area contributed by atoms with Crippen molar-refractivity contribution in [1.82, 2.24) is 5.32 Å². The molecule has 0 aromatic carbocycles. The second kappa shape index (κ2) is 15.6. The van der Waals surface area contributed by atoms with Crippen LogP contribution < -0.4 is 5.32 Å². The van der Waals surface area contributed by atoms with E-state index in [4.69, 9.17) is 4.74 Å². The number of rotatable bonds is 11. The topological polar surface area (TPSA) is 38.3 Å². The van der Waals surface area contributed by atoms with Crippen LogP contribution in [0.1, 0.15) is 45.4 Å². The van der Waals surface area contributed by atoms with Crippen molar-refractivity contribution in [2.75, 3.05) is 19.7 Å².